The maximum Gasteiger partial charge on any atom is 0.229 e. The number of anilines is 2. The van der Waals surface area contributed by atoms with Gasteiger partial charge in [-0.2, -0.15) is 0 Å². The summed E-state index contributed by atoms with van der Waals surface area (Å²) < 4.78 is 32.1. The highest BCUT2D eigenvalue weighted by Gasteiger charge is 2.24. The molecule has 0 aliphatic carbocycles. The zero-order valence-corrected chi connectivity index (χ0v) is 26.0. The van der Waals surface area contributed by atoms with Crippen molar-refractivity contribution in [3.05, 3.63) is 59.2 Å². The van der Waals surface area contributed by atoms with Crippen LogP contribution < -0.4 is 5.32 Å². The molecule has 5 heterocycles. The van der Waals surface area contributed by atoms with Crippen molar-refractivity contribution in [3.8, 4) is 11.3 Å². The van der Waals surface area contributed by atoms with Gasteiger partial charge in [-0.3, -0.25) is 4.90 Å². The fourth-order valence-corrected chi connectivity index (χ4v) is 7.54. The molecule has 11 heteroatoms. The molecule has 0 saturated carbocycles. The minimum Gasteiger partial charge on any atom is -0.323 e. The topological polar surface area (TPSA) is 75.0 Å². The van der Waals surface area contributed by atoms with Gasteiger partial charge in [-0.25, -0.2) is 28.7 Å². The number of aromatic nitrogens is 5. The monoisotopic (exact) mass is 592 g/mol. The van der Waals surface area contributed by atoms with E-state index in [9.17, 15) is 0 Å². The molecule has 0 atom stereocenters. The molecule has 42 heavy (non-hydrogen) atoms. The van der Waals surface area contributed by atoms with Crippen LogP contribution in [-0.4, -0.2) is 86.0 Å². The van der Waals surface area contributed by atoms with Crippen molar-refractivity contribution in [3.63, 3.8) is 0 Å². The molecule has 8 nitrogen and oxygen atoms in total. The summed E-state index contributed by atoms with van der Waals surface area (Å²) in [4.78, 5) is 22.9. The molecule has 4 aromatic rings. The Labute approximate surface area is 247 Å². The molecule has 0 radical (unpaired) electrons. The number of fused-ring (bicyclic) bond motifs is 2. The number of rotatable bonds is 6. The Morgan fingerprint density at radius 1 is 0.952 bits per heavy atom. The number of aryl methyl sites for hydroxylation is 1. The van der Waals surface area contributed by atoms with E-state index in [0.29, 0.717) is 22.7 Å². The van der Waals surface area contributed by atoms with Crippen molar-refractivity contribution in [2.75, 3.05) is 57.0 Å². The third kappa shape index (κ3) is 6.03. The highest BCUT2D eigenvalue weighted by atomic mass is 31.1. The van der Waals surface area contributed by atoms with E-state index in [-0.39, 0.29) is 30.6 Å². The first-order valence-electron chi connectivity index (χ1n) is 14.7. The highest BCUT2D eigenvalue weighted by Crippen LogP contribution is 2.33. The lowest BCUT2D eigenvalue weighted by atomic mass is 10.1. The van der Waals surface area contributed by atoms with E-state index in [1.807, 2.05) is 38.3 Å². The van der Waals surface area contributed by atoms with E-state index >= 15 is 8.78 Å². The number of benzene rings is 1. The Balaban J connectivity index is 1.18. The van der Waals surface area contributed by atoms with Gasteiger partial charge < -0.3 is 14.8 Å². The van der Waals surface area contributed by atoms with E-state index in [2.05, 4.69) is 42.8 Å². The average molecular weight is 593 g/mol. The first-order valence-corrected chi connectivity index (χ1v) is 16.8. The lowest BCUT2D eigenvalue weighted by molar-refractivity contribution is 0.200. The van der Waals surface area contributed by atoms with Gasteiger partial charge in [0.1, 0.15) is 22.9 Å². The van der Waals surface area contributed by atoms with Crippen molar-refractivity contribution in [1.82, 2.24) is 34.3 Å². The molecule has 1 aromatic carbocycles. The number of nitrogens with one attached hydrogen (secondary N) is 1. The minimum absolute atomic E-state index is 0.0190. The van der Waals surface area contributed by atoms with Gasteiger partial charge in [0, 0.05) is 62.5 Å². The van der Waals surface area contributed by atoms with Crippen LogP contribution in [0.2, 0.25) is 0 Å². The molecule has 1 saturated heterocycles. The highest BCUT2D eigenvalue weighted by molar-refractivity contribution is 7.56. The second-order valence-corrected chi connectivity index (χ2v) is 15.1. The summed E-state index contributed by atoms with van der Waals surface area (Å²) in [6.07, 6.45) is 4.72. The molecule has 1 fully saturated rings. The zero-order valence-electron chi connectivity index (χ0n) is 25.1. The van der Waals surface area contributed by atoms with Gasteiger partial charge in [0.05, 0.1) is 11.7 Å². The number of hydrogen-bond donors (Lipinski definition) is 1. The number of imidazole rings is 1. The molecule has 6 rings (SSSR count). The molecule has 0 bridgehead atoms. The molecule has 222 valence electrons. The summed E-state index contributed by atoms with van der Waals surface area (Å²) in [5, 5.41) is 3.14. The summed E-state index contributed by atoms with van der Waals surface area (Å²) >= 11 is 0. The number of pyridine rings is 1. The Hall–Kier alpha value is -3.07. The summed E-state index contributed by atoms with van der Waals surface area (Å²) in [6, 6.07) is 7.05. The molecule has 3 aromatic heterocycles. The average Bonchev–Trinajstić information content (AvgIpc) is 3.30. The standard InChI is InChI=1S/C31H39F2N8P/c1-20-35-29-23(32)16-22(17-26(29)41(20)31(2,3)4)28-24(33)18-34-30(38-28)37-27-7-6-21-19-40(9-8-25(21)36-27)11-10-39-12-14-42(5)15-13-39/h6-7,16-18H,8-15,19H2,1-5H3,(H,34,36,37,38). The first-order chi connectivity index (χ1) is 20.0. The SMILES string of the molecule is Cc1nc2c(F)cc(-c3nc(Nc4ccc5c(n4)CCN(CCN4CCP(C)CC4)C5)ncc3F)cc2n1C(C)(C)C. The Kier molecular flexibility index (Phi) is 7.98. The Bertz CT molecular complexity index is 1610. The second kappa shape index (κ2) is 11.5. The van der Waals surface area contributed by atoms with Crippen molar-refractivity contribution in [2.24, 2.45) is 0 Å². The molecule has 1 N–H and O–H groups in total. The van der Waals surface area contributed by atoms with Crippen molar-refractivity contribution in [1.29, 1.82) is 0 Å². The van der Waals surface area contributed by atoms with Crippen LogP contribution in [-0.2, 0) is 18.5 Å². The Morgan fingerprint density at radius 3 is 2.48 bits per heavy atom. The molecule has 0 spiro atoms. The maximum atomic E-state index is 15.2. The van der Waals surface area contributed by atoms with Gasteiger partial charge in [0.2, 0.25) is 5.95 Å². The van der Waals surface area contributed by atoms with Crippen LogP contribution in [0.25, 0.3) is 22.3 Å². The third-order valence-electron chi connectivity index (χ3n) is 8.27. The van der Waals surface area contributed by atoms with Crippen LogP contribution in [0.3, 0.4) is 0 Å². The first kappa shape index (κ1) is 29.0. The van der Waals surface area contributed by atoms with Crippen LogP contribution in [0, 0.1) is 18.6 Å². The Morgan fingerprint density at radius 2 is 1.71 bits per heavy atom. The summed E-state index contributed by atoms with van der Waals surface area (Å²) in [6.45, 7) is 16.9. The van der Waals surface area contributed by atoms with Crippen molar-refractivity contribution < 1.29 is 8.78 Å². The van der Waals surface area contributed by atoms with E-state index in [0.717, 1.165) is 44.5 Å². The van der Waals surface area contributed by atoms with Crippen LogP contribution in [0.1, 0.15) is 37.9 Å². The molecule has 2 aliphatic heterocycles. The molecule has 0 unspecified atom stereocenters. The smallest absolute Gasteiger partial charge is 0.229 e. The van der Waals surface area contributed by atoms with Crippen LogP contribution in [0.15, 0.2) is 30.5 Å². The maximum absolute atomic E-state index is 15.2. The summed E-state index contributed by atoms with van der Waals surface area (Å²) in [7, 11) is 0.257. The minimum atomic E-state index is -0.628. The third-order valence-corrected chi connectivity index (χ3v) is 10.2. The normalized spacial score (nSPS) is 17.1. The molecular weight excluding hydrogens is 553 g/mol. The number of halogens is 2. The van der Waals surface area contributed by atoms with Crippen LogP contribution in [0.4, 0.5) is 20.5 Å². The van der Waals surface area contributed by atoms with Crippen LogP contribution in [0.5, 0.6) is 0 Å². The van der Waals surface area contributed by atoms with Gasteiger partial charge >= 0.3 is 0 Å². The van der Waals surface area contributed by atoms with Crippen molar-refractivity contribution >= 4 is 30.7 Å². The molecule has 0 amide bonds. The number of nitrogens with zero attached hydrogens (tertiary/aromatic N) is 7. The fourth-order valence-electron chi connectivity index (χ4n) is 6.07. The largest absolute Gasteiger partial charge is 0.323 e. The number of hydrogen-bond acceptors (Lipinski definition) is 7. The lowest BCUT2D eigenvalue weighted by Gasteiger charge is -2.34. The van der Waals surface area contributed by atoms with Gasteiger partial charge in [-0.1, -0.05) is 6.07 Å². The second-order valence-electron chi connectivity index (χ2n) is 12.5. The van der Waals surface area contributed by atoms with Gasteiger partial charge in [-0.15, -0.1) is 7.92 Å². The van der Waals surface area contributed by atoms with E-state index in [4.69, 9.17) is 4.98 Å². The van der Waals surface area contributed by atoms with Gasteiger partial charge in [0.25, 0.3) is 0 Å². The summed E-state index contributed by atoms with van der Waals surface area (Å²) in [5.74, 6) is 0.356. The van der Waals surface area contributed by atoms with E-state index in [1.165, 1.54) is 37.0 Å². The fraction of sp³-hybridized carbons (Fsp3) is 0.484. The molecular formula is C31H39F2N8P. The summed E-state index contributed by atoms with van der Waals surface area (Å²) in [5.41, 5.74) is 3.17. The van der Waals surface area contributed by atoms with Crippen molar-refractivity contribution in [2.45, 2.75) is 46.2 Å². The van der Waals surface area contributed by atoms with Gasteiger partial charge in [0.15, 0.2) is 11.6 Å². The van der Waals surface area contributed by atoms with E-state index < -0.39 is 11.6 Å². The van der Waals surface area contributed by atoms with E-state index in [1.54, 1.807) is 6.07 Å². The van der Waals surface area contributed by atoms with Gasteiger partial charge in [-0.05, 0) is 70.4 Å². The quantitative estimate of drug-likeness (QED) is 0.286. The molecule has 2 aliphatic rings. The predicted octanol–water partition coefficient (Wildman–Crippen LogP) is 5.76. The lowest BCUT2D eigenvalue weighted by Crippen LogP contribution is -2.41. The predicted molar refractivity (Wildman–Crippen MR) is 166 cm³/mol. The van der Waals surface area contributed by atoms with Crippen LogP contribution >= 0.6 is 7.92 Å². The zero-order chi connectivity index (χ0) is 29.6.